The SMILES string of the molecule is OCC(O)CO[B-](O)(O)O. The zero-order valence-corrected chi connectivity index (χ0v) is 5.21. The van der Waals surface area contributed by atoms with Gasteiger partial charge in [0.15, 0.2) is 0 Å². The summed E-state index contributed by atoms with van der Waals surface area (Å²) in [4.78, 5) is 0. The Labute approximate surface area is 57.4 Å². The molecule has 0 amide bonds. The Bertz CT molecular complexity index is 89.5. The predicted octanol–water partition coefficient (Wildman–Crippen LogP) is -3.23. The summed E-state index contributed by atoms with van der Waals surface area (Å²) in [5, 5.41) is 41.0. The normalized spacial score (nSPS) is 15.3. The maximum absolute atomic E-state index is 8.52. The Morgan fingerprint density at radius 3 is 2.10 bits per heavy atom. The van der Waals surface area contributed by atoms with Crippen molar-refractivity contribution in [2.75, 3.05) is 13.2 Å². The number of hydrogen-bond acceptors (Lipinski definition) is 6. The van der Waals surface area contributed by atoms with Crippen LogP contribution in [0.25, 0.3) is 0 Å². The van der Waals surface area contributed by atoms with Gasteiger partial charge in [-0.15, -0.1) is 0 Å². The molecule has 0 radical (unpaired) electrons. The smallest absolute Gasteiger partial charge is 0.524 e. The molecule has 0 aliphatic carbocycles. The van der Waals surface area contributed by atoms with E-state index in [1.54, 1.807) is 0 Å². The summed E-state index contributed by atoms with van der Waals surface area (Å²) in [6, 6.07) is 0. The minimum absolute atomic E-state index is 0.528. The summed E-state index contributed by atoms with van der Waals surface area (Å²) in [5.41, 5.74) is 0. The molecule has 0 aromatic heterocycles. The molecule has 0 fully saturated rings. The van der Waals surface area contributed by atoms with Gasteiger partial charge in [0.1, 0.15) is 0 Å². The number of hydrogen-bond donors (Lipinski definition) is 5. The molecule has 0 heterocycles. The van der Waals surface area contributed by atoms with Crippen LogP contribution in [0, 0.1) is 0 Å². The second-order valence-electron chi connectivity index (χ2n) is 1.83. The van der Waals surface area contributed by atoms with Crippen molar-refractivity contribution < 1.29 is 29.9 Å². The lowest BCUT2D eigenvalue weighted by molar-refractivity contribution is -0.00187. The molecule has 0 spiro atoms. The van der Waals surface area contributed by atoms with E-state index in [1.807, 2.05) is 0 Å². The maximum Gasteiger partial charge on any atom is 0.524 e. The van der Waals surface area contributed by atoms with E-state index in [9.17, 15) is 0 Å². The first-order valence-corrected chi connectivity index (χ1v) is 2.69. The lowest BCUT2D eigenvalue weighted by atomic mass is 10.1. The Hall–Kier alpha value is -0.175. The number of aliphatic hydroxyl groups excluding tert-OH is 2. The second kappa shape index (κ2) is 3.86. The lowest BCUT2D eigenvalue weighted by Gasteiger charge is -2.23. The van der Waals surface area contributed by atoms with Crippen molar-refractivity contribution in [2.24, 2.45) is 0 Å². The molecule has 0 aromatic rings. The van der Waals surface area contributed by atoms with Gasteiger partial charge in [-0.1, -0.05) is 0 Å². The summed E-state index contributed by atoms with van der Waals surface area (Å²) in [7, 11) is 0. The van der Waals surface area contributed by atoms with Crippen molar-refractivity contribution in [2.45, 2.75) is 6.10 Å². The Kier molecular flexibility index (Phi) is 3.80. The van der Waals surface area contributed by atoms with Crippen molar-refractivity contribution in [1.82, 2.24) is 0 Å². The van der Waals surface area contributed by atoms with Crippen LogP contribution in [0.2, 0.25) is 0 Å². The molecule has 0 aliphatic heterocycles. The summed E-state index contributed by atoms with van der Waals surface area (Å²) in [5.74, 6) is 0. The molecule has 0 saturated carbocycles. The van der Waals surface area contributed by atoms with Gasteiger partial charge in [0.05, 0.1) is 12.7 Å². The van der Waals surface area contributed by atoms with E-state index in [0.29, 0.717) is 0 Å². The van der Waals surface area contributed by atoms with Gasteiger partial charge >= 0.3 is 6.96 Å². The molecule has 62 valence electrons. The van der Waals surface area contributed by atoms with Crippen LogP contribution >= 0.6 is 0 Å². The maximum atomic E-state index is 8.52. The van der Waals surface area contributed by atoms with Gasteiger partial charge in [-0.25, -0.2) is 0 Å². The second-order valence-corrected chi connectivity index (χ2v) is 1.83. The fourth-order valence-electron chi connectivity index (χ4n) is 0.293. The fraction of sp³-hybridized carbons (Fsp3) is 1.00. The minimum atomic E-state index is -3.81. The summed E-state index contributed by atoms with van der Waals surface area (Å²) >= 11 is 0. The van der Waals surface area contributed by atoms with Crippen LogP contribution in [-0.2, 0) is 4.65 Å². The molecule has 0 saturated heterocycles. The van der Waals surface area contributed by atoms with Crippen LogP contribution in [0.4, 0.5) is 0 Å². The third-order valence-corrected chi connectivity index (χ3v) is 0.723. The molecule has 1 unspecified atom stereocenters. The Balaban J connectivity index is 3.36. The summed E-state index contributed by atoms with van der Waals surface area (Å²) < 4.78 is 3.90. The Morgan fingerprint density at radius 1 is 1.30 bits per heavy atom. The fourth-order valence-corrected chi connectivity index (χ4v) is 0.293. The monoisotopic (exact) mass is 153 g/mol. The molecular weight excluding hydrogens is 143 g/mol. The van der Waals surface area contributed by atoms with E-state index >= 15 is 0 Å². The molecule has 1 atom stereocenters. The van der Waals surface area contributed by atoms with Gasteiger partial charge < -0.3 is 29.9 Å². The van der Waals surface area contributed by atoms with Crippen molar-refractivity contribution in [3.8, 4) is 0 Å². The largest absolute Gasteiger partial charge is 0.534 e. The van der Waals surface area contributed by atoms with E-state index in [0.717, 1.165) is 0 Å². The third-order valence-electron chi connectivity index (χ3n) is 0.723. The highest BCUT2D eigenvalue weighted by molar-refractivity contribution is 6.48. The predicted molar refractivity (Wildman–Crippen MR) is 31.5 cm³/mol. The molecule has 0 aliphatic rings. The van der Waals surface area contributed by atoms with Crippen molar-refractivity contribution in [3.05, 3.63) is 0 Å². The minimum Gasteiger partial charge on any atom is -0.534 e. The summed E-state index contributed by atoms with van der Waals surface area (Å²) in [6.45, 7) is -4.90. The van der Waals surface area contributed by atoms with Crippen molar-refractivity contribution in [1.29, 1.82) is 0 Å². The molecule has 0 rings (SSSR count). The zero-order chi connectivity index (χ0) is 8.20. The molecule has 6 nitrogen and oxygen atoms in total. The molecular formula is C3H10BO6-. The first-order valence-electron chi connectivity index (χ1n) is 2.69. The Morgan fingerprint density at radius 2 is 1.80 bits per heavy atom. The van der Waals surface area contributed by atoms with Gasteiger partial charge in [-0.05, 0) is 0 Å². The van der Waals surface area contributed by atoms with Crippen LogP contribution < -0.4 is 0 Å². The average Bonchev–Trinajstić information content (AvgIpc) is 1.81. The van der Waals surface area contributed by atoms with Crippen LogP contribution in [0.5, 0.6) is 0 Å². The zero-order valence-electron chi connectivity index (χ0n) is 5.21. The van der Waals surface area contributed by atoms with E-state index in [4.69, 9.17) is 25.3 Å². The van der Waals surface area contributed by atoms with Crippen LogP contribution in [0.15, 0.2) is 0 Å². The van der Waals surface area contributed by atoms with E-state index < -0.39 is 26.3 Å². The first-order chi connectivity index (χ1) is 4.45. The van der Waals surface area contributed by atoms with E-state index in [1.165, 1.54) is 0 Å². The molecule has 10 heavy (non-hydrogen) atoms. The summed E-state index contributed by atoms with van der Waals surface area (Å²) in [6.07, 6.45) is -1.22. The van der Waals surface area contributed by atoms with Crippen LogP contribution in [0.1, 0.15) is 0 Å². The molecule has 0 bridgehead atoms. The van der Waals surface area contributed by atoms with Crippen molar-refractivity contribution in [3.63, 3.8) is 0 Å². The van der Waals surface area contributed by atoms with E-state index in [2.05, 4.69) is 4.65 Å². The molecule has 0 aromatic carbocycles. The highest BCUT2D eigenvalue weighted by atomic mass is 16.7. The van der Waals surface area contributed by atoms with Gasteiger partial charge in [0.2, 0.25) is 0 Å². The van der Waals surface area contributed by atoms with Crippen molar-refractivity contribution >= 4 is 6.96 Å². The number of aliphatic hydroxyl groups is 2. The number of rotatable bonds is 4. The quantitative estimate of drug-likeness (QED) is 0.271. The molecule has 7 heteroatoms. The lowest BCUT2D eigenvalue weighted by Crippen LogP contribution is -2.41. The van der Waals surface area contributed by atoms with Gasteiger partial charge in [0.25, 0.3) is 0 Å². The van der Waals surface area contributed by atoms with Crippen LogP contribution in [0.3, 0.4) is 0 Å². The van der Waals surface area contributed by atoms with Crippen LogP contribution in [-0.4, -0.2) is 51.6 Å². The van der Waals surface area contributed by atoms with E-state index in [-0.39, 0.29) is 0 Å². The standard InChI is InChI=1S/C3H10BO6/c5-1-3(6)2-10-4(7,8)9/h3,5-9H,1-2H2/q-1. The van der Waals surface area contributed by atoms with Gasteiger partial charge in [-0.3, -0.25) is 0 Å². The highest BCUT2D eigenvalue weighted by Crippen LogP contribution is 1.91. The topological polar surface area (TPSA) is 110 Å². The first kappa shape index (κ1) is 9.82. The third kappa shape index (κ3) is 5.95. The highest BCUT2D eigenvalue weighted by Gasteiger charge is 2.17. The molecule has 5 N–H and O–H groups in total. The average molecular weight is 153 g/mol. The van der Waals surface area contributed by atoms with Gasteiger partial charge in [0, 0.05) is 6.61 Å². The van der Waals surface area contributed by atoms with Gasteiger partial charge in [-0.2, -0.15) is 0 Å².